The molecule has 0 aromatic heterocycles. The molecule has 0 aliphatic heterocycles. The third-order valence-corrected chi connectivity index (χ3v) is 7.17. The first-order valence-corrected chi connectivity index (χ1v) is 12.3. The van der Waals surface area contributed by atoms with E-state index in [1.165, 1.54) is 32.4 Å². The third-order valence-electron chi connectivity index (χ3n) is 5.40. The minimum Gasteiger partial charge on any atom is -0.493 e. The van der Waals surface area contributed by atoms with Crippen molar-refractivity contribution in [2.75, 3.05) is 25.1 Å². The lowest BCUT2D eigenvalue weighted by atomic mass is 10.1. The Labute approximate surface area is 201 Å². The number of rotatable bonds is 9. The van der Waals surface area contributed by atoms with E-state index in [0.29, 0.717) is 11.4 Å². The largest absolute Gasteiger partial charge is 0.493 e. The molecule has 0 saturated heterocycles. The Morgan fingerprint density at radius 1 is 0.912 bits per heavy atom. The van der Waals surface area contributed by atoms with Crippen molar-refractivity contribution in [2.24, 2.45) is 0 Å². The van der Waals surface area contributed by atoms with E-state index in [4.69, 9.17) is 9.47 Å². The molecule has 0 saturated carbocycles. The van der Waals surface area contributed by atoms with Gasteiger partial charge < -0.3 is 14.8 Å². The molecule has 3 aromatic rings. The highest BCUT2D eigenvalue weighted by molar-refractivity contribution is 7.92. The van der Waals surface area contributed by atoms with Crippen LogP contribution in [0.25, 0.3) is 0 Å². The molecule has 0 fully saturated rings. The fraction of sp³-hybridized carbons (Fsp3) is 0.269. The van der Waals surface area contributed by atoms with Crippen LogP contribution < -0.4 is 19.1 Å². The third kappa shape index (κ3) is 5.69. The van der Waals surface area contributed by atoms with Gasteiger partial charge in [0.1, 0.15) is 6.54 Å². The van der Waals surface area contributed by atoms with Crippen molar-refractivity contribution in [1.29, 1.82) is 0 Å². The van der Waals surface area contributed by atoms with Crippen molar-refractivity contribution in [1.82, 2.24) is 5.32 Å². The summed E-state index contributed by atoms with van der Waals surface area (Å²) in [5.74, 6) is 0.277. The first kappa shape index (κ1) is 25.1. The number of aryl methyl sites for hydroxylation is 2. The van der Waals surface area contributed by atoms with Crippen LogP contribution in [0, 0.1) is 13.8 Å². The standard InChI is InChI=1S/C26H30N2O5S/c1-18-13-19(2)15-22(14-18)28(17-26(29)27-20(3)21-9-7-6-8-10-21)34(30,31)23-11-12-24(32-4)25(16-23)33-5/h6-16,20H,17H2,1-5H3,(H,27,29)/t20-/m1/s1. The van der Waals surface area contributed by atoms with Crippen LogP contribution in [-0.2, 0) is 14.8 Å². The summed E-state index contributed by atoms with van der Waals surface area (Å²) in [4.78, 5) is 13.0. The normalized spacial score (nSPS) is 12.0. The Morgan fingerprint density at radius 2 is 1.53 bits per heavy atom. The molecular weight excluding hydrogens is 452 g/mol. The van der Waals surface area contributed by atoms with Gasteiger partial charge in [0.05, 0.1) is 30.8 Å². The van der Waals surface area contributed by atoms with E-state index >= 15 is 0 Å². The van der Waals surface area contributed by atoms with Gasteiger partial charge in [-0.1, -0.05) is 36.4 Å². The number of nitrogens with one attached hydrogen (secondary N) is 1. The topological polar surface area (TPSA) is 84.9 Å². The van der Waals surface area contributed by atoms with E-state index < -0.39 is 15.9 Å². The zero-order chi connectivity index (χ0) is 24.9. The van der Waals surface area contributed by atoms with Gasteiger partial charge in [-0.05, 0) is 61.7 Å². The smallest absolute Gasteiger partial charge is 0.264 e. The molecule has 0 bridgehead atoms. The number of hydrogen-bond donors (Lipinski definition) is 1. The Balaban J connectivity index is 1.99. The lowest BCUT2D eigenvalue weighted by Gasteiger charge is -2.26. The van der Waals surface area contributed by atoms with E-state index in [-0.39, 0.29) is 23.2 Å². The number of hydrogen-bond acceptors (Lipinski definition) is 5. The monoisotopic (exact) mass is 482 g/mol. The van der Waals surface area contributed by atoms with Gasteiger partial charge >= 0.3 is 0 Å². The molecule has 0 radical (unpaired) electrons. The molecule has 1 atom stereocenters. The summed E-state index contributed by atoms with van der Waals surface area (Å²) in [6, 6.07) is 19.0. The number of carbonyl (C=O) groups excluding carboxylic acids is 1. The van der Waals surface area contributed by atoms with Crippen molar-refractivity contribution in [2.45, 2.75) is 31.7 Å². The van der Waals surface area contributed by atoms with Crippen LogP contribution in [0.4, 0.5) is 5.69 Å². The Hall–Kier alpha value is -3.52. The van der Waals surface area contributed by atoms with Gasteiger partial charge in [-0.2, -0.15) is 0 Å². The number of carbonyl (C=O) groups is 1. The minimum atomic E-state index is -4.10. The molecule has 7 nitrogen and oxygen atoms in total. The molecule has 0 unspecified atom stereocenters. The van der Waals surface area contributed by atoms with Crippen LogP contribution in [0.2, 0.25) is 0 Å². The predicted octanol–water partition coefficient (Wildman–Crippen LogP) is 4.39. The first-order valence-electron chi connectivity index (χ1n) is 10.8. The second-order valence-electron chi connectivity index (χ2n) is 8.07. The van der Waals surface area contributed by atoms with Crippen LogP contribution in [0.3, 0.4) is 0 Å². The lowest BCUT2D eigenvalue weighted by Crippen LogP contribution is -2.41. The Kier molecular flexibility index (Phi) is 7.83. The number of ether oxygens (including phenoxy) is 2. The molecule has 0 spiro atoms. The van der Waals surface area contributed by atoms with Gasteiger partial charge in [0.25, 0.3) is 10.0 Å². The van der Waals surface area contributed by atoms with Crippen LogP contribution >= 0.6 is 0 Å². The predicted molar refractivity (Wildman–Crippen MR) is 133 cm³/mol. The number of anilines is 1. The summed E-state index contributed by atoms with van der Waals surface area (Å²) in [6.45, 7) is 5.25. The first-order chi connectivity index (χ1) is 16.1. The van der Waals surface area contributed by atoms with E-state index in [2.05, 4.69) is 5.32 Å². The zero-order valence-electron chi connectivity index (χ0n) is 20.0. The Morgan fingerprint density at radius 3 is 2.12 bits per heavy atom. The van der Waals surface area contributed by atoms with E-state index in [0.717, 1.165) is 21.0 Å². The van der Waals surface area contributed by atoms with Crippen LogP contribution in [-0.4, -0.2) is 35.1 Å². The van der Waals surface area contributed by atoms with E-state index in [1.807, 2.05) is 57.2 Å². The summed E-state index contributed by atoms with van der Waals surface area (Å²) in [5, 5.41) is 2.90. The molecule has 1 amide bonds. The van der Waals surface area contributed by atoms with Crippen molar-refractivity contribution in [3.8, 4) is 11.5 Å². The van der Waals surface area contributed by atoms with Gasteiger partial charge in [0.15, 0.2) is 11.5 Å². The molecule has 8 heteroatoms. The second kappa shape index (κ2) is 10.6. The maximum atomic E-state index is 13.8. The van der Waals surface area contributed by atoms with Crippen molar-refractivity contribution >= 4 is 21.6 Å². The fourth-order valence-corrected chi connectivity index (χ4v) is 5.18. The highest BCUT2D eigenvalue weighted by atomic mass is 32.2. The van der Waals surface area contributed by atoms with Gasteiger partial charge in [0, 0.05) is 6.07 Å². The second-order valence-corrected chi connectivity index (χ2v) is 9.94. The van der Waals surface area contributed by atoms with Crippen molar-refractivity contribution < 1.29 is 22.7 Å². The van der Waals surface area contributed by atoms with Crippen LogP contribution in [0.5, 0.6) is 11.5 Å². The highest BCUT2D eigenvalue weighted by Gasteiger charge is 2.29. The highest BCUT2D eigenvalue weighted by Crippen LogP contribution is 2.32. The van der Waals surface area contributed by atoms with E-state index in [9.17, 15) is 13.2 Å². The van der Waals surface area contributed by atoms with Gasteiger partial charge in [-0.15, -0.1) is 0 Å². The average Bonchev–Trinajstić information content (AvgIpc) is 2.81. The quantitative estimate of drug-likeness (QED) is 0.489. The number of sulfonamides is 1. The van der Waals surface area contributed by atoms with E-state index in [1.54, 1.807) is 12.1 Å². The summed E-state index contributed by atoms with van der Waals surface area (Å²) in [7, 11) is -1.19. The molecule has 3 rings (SSSR count). The average molecular weight is 483 g/mol. The summed E-state index contributed by atoms with van der Waals surface area (Å²) >= 11 is 0. The van der Waals surface area contributed by atoms with Gasteiger partial charge in [0.2, 0.25) is 5.91 Å². The van der Waals surface area contributed by atoms with Crippen molar-refractivity contribution in [3.05, 3.63) is 83.4 Å². The Bertz CT molecular complexity index is 1240. The zero-order valence-corrected chi connectivity index (χ0v) is 20.8. The summed E-state index contributed by atoms with van der Waals surface area (Å²) in [5.41, 5.74) is 3.12. The summed E-state index contributed by atoms with van der Waals surface area (Å²) < 4.78 is 39.2. The number of amides is 1. The molecule has 34 heavy (non-hydrogen) atoms. The van der Waals surface area contributed by atoms with Crippen molar-refractivity contribution in [3.63, 3.8) is 0 Å². The van der Waals surface area contributed by atoms with Crippen LogP contribution in [0.1, 0.15) is 29.7 Å². The molecule has 180 valence electrons. The number of benzene rings is 3. The molecular formula is C26H30N2O5S. The molecule has 0 aliphatic rings. The maximum Gasteiger partial charge on any atom is 0.264 e. The number of methoxy groups -OCH3 is 2. The number of nitrogens with zero attached hydrogens (tertiary/aromatic N) is 1. The van der Waals surface area contributed by atoms with Gasteiger partial charge in [-0.3, -0.25) is 9.10 Å². The molecule has 0 aliphatic carbocycles. The summed E-state index contributed by atoms with van der Waals surface area (Å²) in [6.07, 6.45) is 0. The van der Waals surface area contributed by atoms with Crippen LogP contribution in [0.15, 0.2) is 71.6 Å². The lowest BCUT2D eigenvalue weighted by molar-refractivity contribution is -0.120. The molecule has 1 N–H and O–H groups in total. The SMILES string of the molecule is COc1ccc(S(=O)(=O)N(CC(=O)N[C@H](C)c2ccccc2)c2cc(C)cc(C)c2)cc1OC. The van der Waals surface area contributed by atoms with Gasteiger partial charge in [-0.25, -0.2) is 8.42 Å². The maximum absolute atomic E-state index is 13.8. The molecule has 0 heterocycles. The molecule has 3 aromatic carbocycles. The minimum absolute atomic E-state index is 0.00628. The fourth-order valence-electron chi connectivity index (χ4n) is 3.76.